The van der Waals surface area contributed by atoms with E-state index >= 15 is 0 Å². The maximum absolute atomic E-state index is 11.9. The lowest BCUT2D eigenvalue weighted by Crippen LogP contribution is -2.57. The molecule has 1 fully saturated rings. The molecule has 0 saturated carbocycles. The number of amides is 1. The molecule has 1 aliphatic rings. The van der Waals surface area contributed by atoms with E-state index in [4.69, 9.17) is 0 Å². The van der Waals surface area contributed by atoms with Crippen LogP contribution in [0.3, 0.4) is 0 Å². The fourth-order valence-corrected chi connectivity index (χ4v) is 3.56. The molecule has 1 saturated heterocycles. The Labute approximate surface area is 112 Å². The minimum atomic E-state index is -0.0692. The van der Waals surface area contributed by atoms with Gasteiger partial charge in [0.15, 0.2) is 0 Å². The van der Waals surface area contributed by atoms with Gasteiger partial charge < -0.3 is 10.6 Å². The SMILES string of the molecule is CNC(=O)C1CNCCN1C(C)c1sccc1C. The van der Waals surface area contributed by atoms with Crippen molar-refractivity contribution in [2.24, 2.45) is 0 Å². The van der Waals surface area contributed by atoms with Gasteiger partial charge in [0.2, 0.25) is 5.91 Å². The zero-order valence-electron chi connectivity index (χ0n) is 11.2. The molecule has 100 valence electrons. The predicted octanol–water partition coefficient (Wildman–Crippen LogP) is 1.14. The van der Waals surface area contributed by atoms with Crippen LogP contribution in [-0.4, -0.2) is 43.5 Å². The summed E-state index contributed by atoms with van der Waals surface area (Å²) in [6, 6.07) is 2.38. The molecule has 0 aromatic carbocycles. The van der Waals surface area contributed by atoms with Crippen LogP contribution in [0.1, 0.15) is 23.4 Å². The van der Waals surface area contributed by atoms with Crippen molar-refractivity contribution in [1.82, 2.24) is 15.5 Å². The molecular weight excluding hydrogens is 246 g/mol. The van der Waals surface area contributed by atoms with Gasteiger partial charge >= 0.3 is 0 Å². The first kappa shape index (κ1) is 13.5. The van der Waals surface area contributed by atoms with E-state index in [-0.39, 0.29) is 11.9 Å². The summed E-state index contributed by atoms with van der Waals surface area (Å²) in [7, 11) is 1.70. The fourth-order valence-electron chi connectivity index (χ4n) is 2.56. The van der Waals surface area contributed by atoms with Gasteiger partial charge in [-0.25, -0.2) is 0 Å². The third-order valence-electron chi connectivity index (χ3n) is 3.61. The van der Waals surface area contributed by atoms with Crippen LogP contribution >= 0.6 is 11.3 Å². The fraction of sp³-hybridized carbons (Fsp3) is 0.615. The Hall–Kier alpha value is -0.910. The van der Waals surface area contributed by atoms with E-state index in [1.165, 1.54) is 10.4 Å². The number of hydrogen-bond donors (Lipinski definition) is 2. The number of nitrogens with one attached hydrogen (secondary N) is 2. The normalized spacial score (nSPS) is 22.7. The second-order valence-corrected chi connectivity index (χ2v) is 5.66. The predicted molar refractivity (Wildman–Crippen MR) is 74.9 cm³/mol. The van der Waals surface area contributed by atoms with E-state index in [1.807, 2.05) is 0 Å². The first-order chi connectivity index (χ1) is 8.65. The third-order valence-corrected chi connectivity index (χ3v) is 4.80. The Morgan fingerprint density at radius 3 is 3.06 bits per heavy atom. The highest BCUT2D eigenvalue weighted by molar-refractivity contribution is 7.10. The van der Waals surface area contributed by atoms with Crippen LogP contribution in [0.25, 0.3) is 0 Å². The number of likely N-dealkylation sites (N-methyl/N-ethyl adjacent to an activating group) is 1. The Morgan fingerprint density at radius 1 is 1.67 bits per heavy atom. The summed E-state index contributed by atoms with van der Waals surface area (Å²) in [5.74, 6) is 0.100. The van der Waals surface area contributed by atoms with E-state index < -0.39 is 0 Å². The zero-order chi connectivity index (χ0) is 13.1. The molecule has 0 aliphatic carbocycles. The van der Waals surface area contributed by atoms with Crippen molar-refractivity contribution in [3.8, 4) is 0 Å². The van der Waals surface area contributed by atoms with Gasteiger partial charge in [-0.2, -0.15) is 0 Å². The minimum absolute atomic E-state index is 0.0692. The van der Waals surface area contributed by atoms with Crippen molar-refractivity contribution < 1.29 is 4.79 Å². The molecule has 1 aromatic rings. The summed E-state index contributed by atoms with van der Waals surface area (Å²) in [6.07, 6.45) is 0. The van der Waals surface area contributed by atoms with Crippen LogP contribution in [0.15, 0.2) is 11.4 Å². The van der Waals surface area contributed by atoms with Crippen molar-refractivity contribution in [2.45, 2.75) is 25.9 Å². The van der Waals surface area contributed by atoms with Gasteiger partial charge in [-0.05, 0) is 30.9 Å². The van der Waals surface area contributed by atoms with E-state index in [1.54, 1.807) is 18.4 Å². The van der Waals surface area contributed by atoms with Gasteiger partial charge in [-0.15, -0.1) is 11.3 Å². The van der Waals surface area contributed by atoms with E-state index in [2.05, 4.69) is 40.8 Å². The monoisotopic (exact) mass is 267 g/mol. The Bertz CT molecular complexity index is 418. The maximum Gasteiger partial charge on any atom is 0.238 e. The smallest absolute Gasteiger partial charge is 0.238 e. The van der Waals surface area contributed by atoms with Gasteiger partial charge in [0, 0.05) is 37.6 Å². The molecule has 2 heterocycles. The maximum atomic E-state index is 11.9. The highest BCUT2D eigenvalue weighted by atomic mass is 32.1. The van der Waals surface area contributed by atoms with Crippen LogP contribution in [0.2, 0.25) is 0 Å². The Morgan fingerprint density at radius 2 is 2.44 bits per heavy atom. The van der Waals surface area contributed by atoms with Crippen molar-refractivity contribution in [3.05, 3.63) is 21.9 Å². The molecule has 1 amide bonds. The second kappa shape index (κ2) is 5.82. The molecule has 2 atom stereocenters. The van der Waals surface area contributed by atoms with Gasteiger partial charge in [-0.3, -0.25) is 9.69 Å². The molecule has 5 heteroatoms. The molecule has 0 bridgehead atoms. The van der Waals surface area contributed by atoms with E-state index in [9.17, 15) is 4.79 Å². The summed E-state index contributed by atoms with van der Waals surface area (Å²) in [5.41, 5.74) is 1.32. The zero-order valence-corrected chi connectivity index (χ0v) is 12.0. The quantitative estimate of drug-likeness (QED) is 0.863. The average molecular weight is 267 g/mol. The number of hydrogen-bond acceptors (Lipinski definition) is 4. The number of aryl methyl sites for hydroxylation is 1. The molecular formula is C13H21N3OS. The summed E-state index contributed by atoms with van der Waals surface area (Å²) < 4.78 is 0. The number of piperazine rings is 1. The highest BCUT2D eigenvalue weighted by Gasteiger charge is 2.32. The molecule has 2 unspecified atom stereocenters. The molecule has 4 nitrogen and oxygen atoms in total. The molecule has 2 rings (SSSR count). The number of nitrogens with zero attached hydrogens (tertiary/aromatic N) is 1. The minimum Gasteiger partial charge on any atom is -0.358 e. The lowest BCUT2D eigenvalue weighted by atomic mass is 10.1. The number of carbonyl (C=O) groups excluding carboxylic acids is 1. The van der Waals surface area contributed by atoms with Crippen LogP contribution in [0.4, 0.5) is 0 Å². The molecule has 2 N–H and O–H groups in total. The van der Waals surface area contributed by atoms with Crippen LogP contribution in [-0.2, 0) is 4.79 Å². The lowest BCUT2D eigenvalue weighted by molar-refractivity contribution is -0.127. The first-order valence-corrected chi connectivity index (χ1v) is 7.25. The largest absolute Gasteiger partial charge is 0.358 e. The first-order valence-electron chi connectivity index (χ1n) is 6.37. The van der Waals surface area contributed by atoms with Crippen molar-refractivity contribution in [2.75, 3.05) is 26.7 Å². The van der Waals surface area contributed by atoms with Gasteiger partial charge in [0.25, 0.3) is 0 Å². The van der Waals surface area contributed by atoms with Crippen molar-refractivity contribution in [3.63, 3.8) is 0 Å². The number of rotatable bonds is 3. The average Bonchev–Trinajstić information content (AvgIpc) is 2.83. The Kier molecular flexibility index (Phi) is 4.37. The van der Waals surface area contributed by atoms with Gasteiger partial charge in [0.05, 0.1) is 0 Å². The standard InChI is InChI=1S/C13H21N3OS/c1-9-4-7-18-12(9)10(2)16-6-5-15-8-11(16)13(17)14-3/h4,7,10-11,15H,5-6,8H2,1-3H3,(H,14,17). The highest BCUT2D eigenvalue weighted by Crippen LogP contribution is 2.30. The second-order valence-electron chi connectivity index (χ2n) is 4.72. The van der Waals surface area contributed by atoms with Crippen LogP contribution < -0.4 is 10.6 Å². The van der Waals surface area contributed by atoms with Gasteiger partial charge in [0.1, 0.15) is 6.04 Å². The number of thiophene rings is 1. The molecule has 0 radical (unpaired) electrons. The molecule has 18 heavy (non-hydrogen) atoms. The summed E-state index contributed by atoms with van der Waals surface area (Å²) in [5, 5.41) is 8.18. The summed E-state index contributed by atoms with van der Waals surface area (Å²) in [4.78, 5) is 15.6. The lowest BCUT2D eigenvalue weighted by Gasteiger charge is -2.39. The number of carbonyl (C=O) groups is 1. The van der Waals surface area contributed by atoms with Gasteiger partial charge in [-0.1, -0.05) is 0 Å². The summed E-state index contributed by atoms with van der Waals surface area (Å²) >= 11 is 1.78. The van der Waals surface area contributed by atoms with Crippen molar-refractivity contribution >= 4 is 17.2 Å². The molecule has 1 aromatic heterocycles. The van der Waals surface area contributed by atoms with E-state index in [0.29, 0.717) is 6.04 Å². The van der Waals surface area contributed by atoms with Crippen LogP contribution in [0, 0.1) is 6.92 Å². The molecule has 1 aliphatic heterocycles. The Balaban J connectivity index is 2.18. The topological polar surface area (TPSA) is 44.4 Å². The summed E-state index contributed by atoms with van der Waals surface area (Å²) in [6.45, 7) is 6.92. The third kappa shape index (κ3) is 2.58. The van der Waals surface area contributed by atoms with Crippen molar-refractivity contribution in [1.29, 1.82) is 0 Å². The molecule has 0 spiro atoms. The van der Waals surface area contributed by atoms with Crippen LogP contribution in [0.5, 0.6) is 0 Å². The van der Waals surface area contributed by atoms with E-state index in [0.717, 1.165) is 19.6 Å².